The maximum absolute atomic E-state index is 12.1. The van der Waals surface area contributed by atoms with E-state index in [1.54, 1.807) is 41.5 Å². The standard InChI is InChI=1S/C15H29NO4/c1-8-9-10-11(12(17)19-14(2,3)4)16-13(18)20-15(5,6)7/h11H,8-10H2,1-7H3,(H,16,18). The highest BCUT2D eigenvalue weighted by atomic mass is 16.6. The normalized spacial score (nSPS) is 13.6. The van der Waals surface area contributed by atoms with Crippen LogP contribution in [0, 0.1) is 0 Å². The first kappa shape index (κ1) is 18.7. The fraction of sp³-hybridized carbons (Fsp3) is 0.867. The summed E-state index contributed by atoms with van der Waals surface area (Å²) in [5, 5.41) is 2.60. The van der Waals surface area contributed by atoms with Gasteiger partial charge in [0.1, 0.15) is 17.2 Å². The molecule has 1 atom stereocenters. The highest BCUT2D eigenvalue weighted by Crippen LogP contribution is 2.13. The van der Waals surface area contributed by atoms with Gasteiger partial charge in [-0.25, -0.2) is 9.59 Å². The van der Waals surface area contributed by atoms with Crippen LogP contribution < -0.4 is 5.32 Å². The van der Waals surface area contributed by atoms with E-state index in [0.717, 1.165) is 12.8 Å². The number of ether oxygens (including phenoxy) is 2. The van der Waals surface area contributed by atoms with Crippen molar-refractivity contribution in [3.8, 4) is 0 Å². The summed E-state index contributed by atoms with van der Waals surface area (Å²) in [7, 11) is 0. The first-order valence-corrected chi connectivity index (χ1v) is 7.17. The monoisotopic (exact) mass is 287 g/mol. The molecule has 1 unspecified atom stereocenters. The molecule has 0 saturated carbocycles. The fourth-order valence-electron chi connectivity index (χ4n) is 1.48. The molecule has 1 N–H and O–H groups in total. The second-order valence-electron chi connectivity index (χ2n) is 6.87. The minimum absolute atomic E-state index is 0.420. The van der Waals surface area contributed by atoms with Crippen LogP contribution in [0.4, 0.5) is 4.79 Å². The number of carbonyl (C=O) groups is 2. The van der Waals surface area contributed by atoms with Gasteiger partial charge in [-0.15, -0.1) is 0 Å². The van der Waals surface area contributed by atoms with E-state index in [-0.39, 0.29) is 0 Å². The zero-order chi connectivity index (χ0) is 16.0. The first-order chi connectivity index (χ1) is 8.94. The van der Waals surface area contributed by atoms with Crippen molar-refractivity contribution in [1.29, 1.82) is 0 Å². The molecule has 5 heteroatoms. The van der Waals surface area contributed by atoms with E-state index in [9.17, 15) is 9.59 Å². The van der Waals surface area contributed by atoms with Crippen molar-refractivity contribution in [2.75, 3.05) is 0 Å². The minimum atomic E-state index is -0.663. The maximum atomic E-state index is 12.1. The summed E-state index contributed by atoms with van der Waals surface area (Å²) < 4.78 is 10.5. The molecule has 0 bridgehead atoms. The SMILES string of the molecule is CCCCC(NC(=O)OC(C)(C)C)C(=O)OC(C)(C)C. The number of amides is 1. The Balaban J connectivity index is 4.63. The maximum Gasteiger partial charge on any atom is 0.408 e. The molecule has 5 nitrogen and oxygen atoms in total. The molecule has 0 aliphatic carbocycles. The Morgan fingerprint density at radius 2 is 1.50 bits per heavy atom. The quantitative estimate of drug-likeness (QED) is 0.787. The Labute approximate surface area is 122 Å². The molecule has 20 heavy (non-hydrogen) atoms. The largest absolute Gasteiger partial charge is 0.458 e. The fourth-order valence-corrected chi connectivity index (χ4v) is 1.48. The van der Waals surface area contributed by atoms with Crippen molar-refractivity contribution in [1.82, 2.24) is 5.32 Å². The summed E-state index contributed by atoms with van der Waals surface area (Å²) in [6, 6.07) is -0.663. The summed E-state index contributed by atoms with van der Waals surface area (Å²) in [6.07, 6.45) is 1.73. The van der Waals surface area contributed by atoms with E-state index in [1.807, 2.05) is 6.92 Å². The first-order valence-electron chi connectivity index (χ1n) is 7.17. The lowest BCUT2D eigenvalue weighted by molar-refractivity contribution is -0.157. The zero-order valence-corrected chi connectivity index (χ0v) is 13.8. The van der Waals surface area contributed by atoms with E-state index in [2.05, 4.69) is 5.32 Å². The predicted molar refractivity (Wildman–Crippen MR) is 78.5 cm³/mol. The molecular formula is C15H29NO4. The van der Waals surface area contributed by atoms with Crippen molar-refractivity contribution >= 4 is 12.1 Å². The lowest BCUT2D eigenvalue weighted by Crippen LogP contribution is -2.46. The van der Waals surface area contributed by atoms with Crippen LogP contribution in [0.5, 0.6) is 0 Å². The molecule has 0 aromatic carbocycles. The lowest BCUT2D eigenvalue weighted by atomic mass is 10.1. The van der Waals surface area contributed by atoms with E-state index in [1.165, 1.54) is 0 Å². The number of alkyl carbamates (subject to hydrolysis) is 1. The van der Waals surface area contributed by atoms with Gasteiger partial charge < -0.3 is 14.8 Å². The van der Waals surface area contributed by atoms with Gasteiger partial charge in [0.2, 0.25) is 0 Å². The van der Waals surface area contributed by atoms with Gasteiger partial charge in [-0.2, -0.15) is 0 Å². The Kier molecular flexibility index (Phi) is 7.03. The van der Waals surface area contributed by atoms with Crippen LogP contribution in [-0.4, -0.2) is 29.3 Å². The summed E-state index contributed by atoms with van der Waals surface area (Å²) in [6.45, 7) is 12.8. The number of hydrogen-bond donors (Lipinski definition) is 1. The van der Waals surface area contributed by atoms with Crippen LogP contribution in [0.2, 0.25) is 0 Å². The zero-order valence-electron chi connectivity index (χ0n) is 13.8. The Morgan fingerprint density at radius 3 is 1.90 bits per heavy atom. The third-order valence-corrected chi connectivity index (χ3v) is 2.23. The van der Waals surface area contributed by atoms with E-state index in [0.29, 0.717) is 6.42 Å². The molecule has 0 aromatic rings. The van der Waals surface area contributed by atoms with Crippen molar-refractivity contribution in [3.05, 3.63) is 0 Å². The van der Waals surface area contributed by atoms with E-state index < -0.39 is 29.3 Å². The number of rotatable bonds is 5. The van der Waals surface area contributed by atoms with Crippen molar-refractivity contribution in [2.24, 2.45) is 0 Å². The molecule has 0 aliphatic rings. The molecule has 118 valence electrons. The third-order valence-electron chi connectivity index (χ3n) is 2.23. The van der Waals surface area contributed by atoms with Gasteiger partial charge in [0.25, 0.3) is 0 Å². The molecule has 0 heterocycles. The van der Waals surface area contributed by atoms with Crippen molar-refractivity contribution < 1.29 is 19.1 Å². The molecule has 0 aromatic heterocycles. The second-order valence-corrected chi connectivity index (χ2v) is 6.87. The summed E-state index contributed by atoms with van der Waals surface area (Å²) in [5.74, 6) is -0.420. The summed E-state index contributed by atoms with van der Waals surface area (Å²) in [5.41, 5.74) is -1.16. The van der Waals surface area contributed by atoms with Gasteiger partial charge in [-0.05, 0) is 48.0 Å². The second kappa shape index (κ2) is 7.50. The number of nitrogens with one attached hydrogen (secondary N) is 1. The molecule has 0 radical (unpaired) electrons. The number of hydrogen-bond acceptors (Lipinski definition) is 4. The van der Waals surface area contributed by atoms with E-state index in [4.69, 9.17) is 9.47 Å². The molecule has 0 spiro atoms. The van der Waals surface area contributed by atoms with Crippen molar-refractivity contribution in [3.63, 3.8) is 0 Å². The van der Waals surface area contributed by atoms with E-state index >= 15 is 0 Å². The number of esters is 1. The molecule has 1 amide bonds. The smallest absolute Gasteiger partial charge is 0.408 e. The van der Waals surface area contributed by atoms with Gasteiger partial charge in [0.15, 0.2) is 0 Å². The average molecular weight is 287 g/mol. The van der Waals surface area contributed by atoms with Crippen LogP contribution in [0.15, 0.2) is 0 Å². The molecule has 0 aliphatic heterocycles. The van der Waals surface area contributed by atoms with Crippen LogP contribution in [-0.2, 0) is 14.3 Å². The van der Waals surface area contributed by atoms with Gasteiger partial charge in [0.05, 0.1) is 0 Å². The van der Waals surface area contributed by atoms with Crippen LogP contribution in [0.3, 0.4) is 0 Å². The molecule has 0 fully saturated rings. The van der Waals surface area contributed by atoms with Gasteiger partial charge >= 0.3 is 12.1 Å². The van der Waals surface area contributed by atoms with Gasteiger partial charge in [-0.3, -0.25) is 0 Å². The number of carbonyl (C=O) groups excluding carboxylic acids is 2. The minimum Gasteiger partial charge on any atom is -0.458 e. The molecule has 0 rings (SSSR count). The van der Waals surface area contributed by atoms with Gasteiger partial charge in [0, 0.05) is 0 Å². The highest BCUT2D eigenvalue weighted by Gasteiger charge is 2.28. The Morgan fingerprint density at radius 1 is 1.00 bits per heavy atom. The lowest BCUT2D eigenvalue weighted by Gasteiger charge is -2.26. The predicted octanol–water partition coefficient (Wildman–Crippen LogP) is 3.41. The number of unbranched alkanes of at least 4 members (excludes halogenated alkanes) is 1. The summed E-state index contributed by atoms with van der Waals surface area (Å²) in [4.78, 5) is 23.8. The topological polar surface area (TPSA) is 64.6 Å². The van der Waals surface area contributed by atoms with Crippen LogP contribution in [0.1, 0.15) is 67.7 Å². The molecule has 0 saturated heterocycles. The third kappa shape index (κ3) is 9.64. The van der Waals surface area contributed by atoms with Crippen molar-refractivity contribution in [2.45, 2.75) is 85.0 Å². The van der Waals surface area contributed by atoms with Crippen LogP contribution in [0.25, 0.3) is 0 Å². The Hall–Kier alpha value is -1.26. The average Bonchev–Trinajstić information content (AvgIpc) is 2.18. The van der Waals surface area contributed by atoms with Crippen LogP contribution >= 0.6 is 0 Å². The Bertz CT molecular complexity index is 326. The highest BCUT2D eigenvalue weighted by molar-refractivity contribution is 5.81. The molecular weight excluding hydrogens is 258 g/mol. The summed E-state index contributed by atoms with van der Waals surface area (Å²) >= 11 is 0. The van der Waals surface area contributed by atoms with Gasteiger partial charge in [-0.1, -0.05) is 19.8 Å².